The molecule has 0 spiro atoms. The van der Waals surface area contributed by atoms with Gasteiger partial charge in [-0.15, -0.1) is 0 Å². The Kier molecular flexibility index (Phi) is 4.21. The minimum absolute atomic E-state index is 0.0188. The van der Waals surface area contributed by atoms with Crippen LogP contribution >= 0.6 is 0 Å². The number of fused-ring (bicyclic) bond motifs is 1. The number of carboxylic acid groups (broad SMARTS) is 1. The smallest absolute Gasteiger partial charge is 0.338 e. The number of carbonyl (C=O) groups is 1. The molecule has 0 radical (unpaired) electrons. The maximum Gasteiger partial charge on any atom is 0.338 e. The third-order valence-electron chi connectivity index (χ3n) is 3.16. The molecule has 0 amide bonds. The van der Waals surface area contributed by atoms with Crippen LogP contribution in [0.15, 0.2) is 23.1 Å². The first-order valence-electron chi connectivity index (χ1n) is 6.34. The largest absolute Gasteiger partial charge is 0.478 e. The molecule has 0 atom stereocenters. The van der Waals surface area contributed by atoms with Gasteiger partial charge < -0.3 is 10.5 Å². The minimum Gasteiger partial charge on any atom is -0.478 e. The van der Waals surface area contributed by atoms with Crippen molar-refractivity contribution in [3.63, 3.8) is 0 Å². The van der Waals surface area contributed by atoms with Gasteiger partial charge in [0.1, 0.15) is 5.82 Å². The maximum absolute atomic E-state index is 13.9. The number of hydrogen-bond acceptors (Lipinski definition) is 3. The van der Waals surface area contributed by atoms with Crippen molar-refractivity contribution < 1.29 is 18.7 Å². The van der Waals surface area contributed by atoms with Gasteiger partial charge in [0.05, 0.1) is 17.9 Å². The molecule has 0 saturated carbocycles. The second-order valence-electron chi connectivity index (χ2n) is 4.58. The summed E-state index contributed by atoms with van der Waals surface area (Å²) in [4.78, 5) is 22.8. The number of hydrogen-bond donors (Lipinski definition) is 2. The van der Waals surface area contributed by atoms with Gasteiger partial charge in [-0.05, 0) is 19.4 Å². The van der Waals surface area contributed by atoms with E-state index < -0.39 is 23.9 Å². The highest BCUT2D eigenvalue weighted by atomic mass is 19.1. The fraction of sp³-hybridized carbons (Fsp3) is 0.286. The summed E-state index contributed by atoms with van der Waals surface area (Å²) in [6.07, 6.45) is 1.61. The molecule has 0 aromatic carbocycles. The molecule has 2 aliphatic rings. The second-order valence-corrected chi connectivity index (χ2v) is 4.58. The Hall–Kier alpha value is -2.44. The number of carboxylic acids is 1. The van der Waals surface area contributed by atoms with E-state index in [1.54, 1.807) is 0 Å². The molecule has 7 heteroatoms. The molecule has 1 aliphatic carbocycles. The topological polar surface area (TPSA) is 71.3 Å². The monoisotopic (exact) mass is 296 g/mol. The lowest BCUT2D eigenvalue weighted by atomic mass is 9.97. The zero-order chi connectivity index (χ0) is 15.6. The van der Waals surface area contributed by atoms with Crippen LogP contribution in [0.3, 0.4) is 0 Å². The molecule has 2 rings (SSSR count). The molecule has 0 saturated heterocycles. The molecule has 1 heterocycles. The molecule has 21 heavy (non-hydrogen) atoms. The third-order valence-corrected chi connectivity index (χ3v) is 3.16. The second kappa shape index (κ2) is 5.90. The van der Waals surface area contributed by atoms with Crippen molar-refractivity contribution in [3.8, 4) is 11.1 Å². The van der Waals surface area contributed by atoms with Crippen LogP contribution in [0.5, 0.6) is 0 Å². The van der Waals surface area contributed by atoms with Gasteiger partial charge in [-0.1, -0.05) is 0 Å². The first-order chi connectivity index (χ1) is 9.95. The lowest BCUT2D eigenvalue weighted by molar-refractivity contribution is 0.0696. The highest BCUT2D eigenvalue weighted by Crippen LogP contribution is 2.29. The molecular formula is C14H14F2N2O3. The molecule has 2 N–H and O–H groups in total. The summed E-state index contributed by atoms with van der Waals surface area (Å²) in [6, 6.07) is 1.90. The quantitative estimate of drug-likeness (QED) is 0.828. The molecule has 0 aromatic heterocycles. The van der Waals surface area contributed by atoms with Crippen molar-refractivity contribution in [1.82, 2.24) is 4.68 Å². The molecule has 0 fully saturated rings. The van der Waals surface area contributed by atoms with Crippen molar-refractivity contribution in [1.29, 1.82) is 0 Å². The van der Waals surface area contributed by atoms with Crippen LogP contribution in [-0.4, -0.2) is 29.0 Å². The lowest BCUT2D eigenvalue weighted by Crippen LogP contribution is -2.23. The first-order valence-corrected chi connectivity index (χ1v) is 6.34. The van der Waals surface area contributed by atoms with Crippen molar-refractivity contribution in [2.24, 2.45) is 0 Å². The number of nitrogens with one attached hydrogen (secondary N) is 1. The molecule has 5 nitrogen and oxygen atoms in total. The van der Waals surface area contributed by atoms with Crippen LogP contribution in [0.1, 0.15) is 22.5 Å². The number of benzene rings is 1. The van der Waals surface area contributed by atoms with Crippen LogP contribution in [0.25, 0.3) is 11.1 Å². The van der Waals surface area contributed by atoms with E-state index in [-0.39, 0.29) is 29.7 Å². The Morgan fingerprint density at radius 3 is 2.71 bits per heavy atom. The summed E-state index contributed by atoms with van der Waals surface area (Å²) in [6.45, 7) is 1.29. The van der Waals surface area contributed by atoms with Gasteiger partial charge in [-0.25, -0.2) is 9.18 Å². The van der Waals surface area contributed by atoms with Crippen LogP contribution < -0.4 is 10.9 Å². The Labute approximate surface area is 119 Å². The van der Waals surface area contributed by atoms with Gasteiger partial charge in [0.15, 0.2) is 5.43 Å². The summed E-state index contributed by atoms with van der Waals surface area (Å²) in [5.74, 6) is -2.05. The molecule has 1 aliphatic heterocycles. The summed E-state index contributed by atoms with van der Waals surface area (Å²) >= 11 is 0. The number of nitrogens with zero attached hydrogens (tertiary/aromatic N) is 1. The fourth-order valence-electron chi connectivity index (χ4n) is 2.17. The number of aromatic carboxylic acids is 1. The number of alkyl halides is 1. The zero-order valence-electron chi connectivity index (χ0n) is 11.3. The SMILES string of the molecule is Cc1c(C(=O)O)c2cc(=O)cc(F)c-2cn1NCCCF. The van der Waals surface area contributed by atoms with E-state index in [1.165, 1.54) is 17.8 Å². The van der Waals surface area contributed by atoms with Crippen LogP contribution in [0, 0.1) is 12.7 Å². The highest BCUT2D eigenvalue weighted by molar-refractivity contribution is 5.97. The number of pyridine rings is 1. The Morgan fingerprint density at radius 2 is 2.10 bits per heavy atom. The summed E-state index contributed by atoms with van der Waals surface area (Å²) in [5, 5.41) is 9.32. The normalized spacial score (nSPS) is 10.8. The zero-order valence-corrected chi connectivity index (χ0v) is 11.3. The van der Waals surface area contributed by atoms with E-state index in [2.05, 4.69) is 5.43 Å². The summed E-state index contributed by atoms with van der Waals surface area (Å²) < 4.78 is 27.4. The van der Waals surface area contributed by atoms with Gasteiger partial charge in [0.25, 0.3) is 0 Å². The van der Waals surface area contributed by atoms with Crippen molar-refractivity contribution in [2.45, 2.75) is 13.3 Å². The Bertz CT molecular complexity index is 712. The van der Waals surface area contributed by atoms with Crippen molar-refractivity contribution >= 4 is 5.97 Å². The van der Waals surface area contributed by atoms with Crippen molar-refractivity contribution in [2.75, 3.05) is 18.6 Å². The maximum atomic E-state index is 13.9. The van der Waals surface area contributed by atoms with E-state index in [1.807, 2.05) is 0 Å². The summed E-state index contributed by atoms with van der Waals surface area (Å²) in [7, 11) is 0. The molecule has 112 valence electrons. The van der Waals surface area contributed by atoms with E-state index in [9.17, 15) is 23.5 Å². The predicted octanol–water partition coefficient (Wildman–Crippen LogP) is 2.00. The van der Waals surface area contributed by atoms with Gasteiger partial charge >= 0.3 is 5.97 Å². The van der Waals surface area contributed by atoms with Gasteiger partial charge in [-0.2, -0.15) is 0 Å². The van der Waals surface area contributed by atoms with Crippen LogP contribution in [0.4, 0.5) is 8.78 Å². The minimum atomic E-state index is -1.26. The first kappa shape index (κ1) is 15.0. The van der Waals surface area contributed by atoms with E-state index in [0.717, 1.165) is 12.1 Å². The lowest BCUT2D eigenvalue weighted by Gasteiger charge is -2.20. The van der Waals surface area contributed by atoms with Gasteiger partial charge in [0, 0.05) is 29.9 Å². The third kappa shape index (κ3) is 2.86. The number of rotatable bonds is 5. The number of halogens is 2. The highest BCUT2D eigenvalue weighted by Gasteiger charge is 2.22. The standard InChI is InChI=1S/C14H14F2N2O3/c1-8-13(14(20)21)10-5-9(19)6-12(16)11(10)7-18(8)17-4-2-3-15/h5-7,17H,2-4H2,1H3,(H,20,21). The molecule has 0 aromatic rings. The Balaban J connectivity index is 2.67. The Morgan fingerprint density at radius 1 is 1.38 bits per heavy atom. The average Bonchev–Trinajstić information content (AvgIpc) is 2.39. The average molecular weight is 296 g/mol. The molecule has 0 bridgehead atoms. The van der Waals surface area contributed by atoms with Crippen molar-refractivity contribution in [3.05, 3.63) is 45.6 Å². The van der Waals surface area contributed by atoms with Crippen LogP contribution in [-0.2, 0) is 0 Å². The van der Waals surface area contributed by atoms with Gasteiger partial charge in [0.2, 0.25) is 0 Å². The molecule has 0 unspecified atom stereocenters. The van der Waals surface area contributed by atoms with E-state index in [0.29, 0.717) is 5.69 Å². The van der Waals surface area contributed by atoms with E-state index >= 15 is 0 Å². The fourth-order valence-corrected chi connectivity index (χ4v) is 2.17. The number of aromatic nitrogens is 1. The summed E-state index contributed by atoms with van der Waals surface area (Å²) in [5.41, 5.74) is 2.44. The van der Waals surface area contributed by atoms with Crippen LogP contribution in [0.2, 0.25) is 0 Å². The van der Waals surface area contributed by atoms with E-state index in [4.69, 9.17) is 0 Å². The van der Waals surface area contributed by atoms with Gasteiger partial charge in [-0.3, -0.25) is 13.9 Å². The molecular weight excluding hydrogens is 282 g/mol. The predicted molar refractivity (Wildman–Crippen MR) is 73.8 cm³/mol.